The third-order valence-corrected chi connectivity index (χ3v) is 4.79. The maximum absolute atomic E-state index is 12.6. The van der Waals surface area contributed by atoms with Gasteiger partial charge in [-0.15, -0.1) is 0 Å². The molecule has 1 aliphatic heterocycles. The van der Waals surface area contributed by atoms with Crippen LogP contribution in [0.4, 0.5) is 0 Å². The summed E-state index contributed by atoms with van der Waals surface area (Å²) in [5.74, 6) is -0.875. The summed E-state index contributed by atoms with van der Waals surface area (Å²) < 4.78 is 11.1. The number of hydrogen-bond donors (Lipinski definition) is 3. The van der Waals surface area contributed by atoms with Gasteiger partial charge in [-0.1, -0.05) is 49.7 Å². The molecule has 158 valence electrons. The van der Waals surface area contributed by atoms with Gasteiger partial charge >= 0.3 is 0 Å². The first kappa shape index (κ1) is 21.4. The molecule has 3 N–H and O–H groups in total. The molecule has 30 heavy (non-hydrogen) atoms. The fourth-order valence-corrected chi connectivity index (χ4v) is 3.05. The summed E-state index contributed by atoms with van der Waals surface area (Å²) in [6.45, 7) is 3.55. The minimum atomic E-state index is -0.921. The minimum absolute atomic E-state index is 0.00949. The Bertz CT molecular complexity index is 950. The van der Waals surface area contributed by atoms with Crippen LogP contribution in [0.2, 0.25) is 5.02 Å². The van der Waals surface area contributed by atoms with Crippen molar-refractivity contribution in [3.05, 3.63) is 59.1 Å². The molecule has 3 amide bonds. The van der Waals surface area contributed by atoms with Crippen LogP contribution in [0, 0.1) is 5.92 Å². The van der Waals surface area contributed by atoms with Gasteiger partial charge in [0.2, 0.25) is 6.10 Å². The van der Waals surface area contributed by atoms with Crippen molar-refractivity contribution >= 4 is 29.3 Å². The molecule has 9 heteroatoms. The Morgan fingerprint density at radius 1 is 1.00 bits per heavy atom. The molecule has 0 fully saturated rings. The highest BCUT2D eigenvalue weighted by atomic mass is 35.5. The third kappa shape index (κ3) is 5.01. The first-order chi connectivity index (χ1) is 14.4. The first-order valence-corrected chi connectivity index (χ1v) is 9.78. The summed E-state index contributed by atoms with van der Waals surface area (Å²) in [5.41, 5.74) is 4.91. The van der Waals surface area contributed by atoms with Crippen LogP contribution in [-0.4, -0.2) is 36.5 Å². The second-order valence-corrected chi connectivity index (χ2v) is 7.42. The summed E-state index contributed by atoms with van der Waals surface area (Å²) in [7, 11) is 0. The lowest BCUT2D eigenvalue weighted by atomic mass is 10.0. The molecule has 0 aliphatic carbocycles. The second kappa shape index (κ2) is 9.49. The molecule has 2 aromatic rings. The number of para-hydroxylation sites is 2. The molecule has 0 saturated carbocycles. The molecule has 1 heterocycles. The Morgan fingerprint density at radius 2 is 1.67 bits per heavy atom. The number of hydrazine groups is 1. The highest BCUT2D eigenvalue weighted by Crippen LogP contribution is 2.30. The van der Waals surface area contributed by atoms with E-state index in [1.807, 2.05) is 0 Å². The van der Waals surface area contributed by atoms with E-state index >= 15 is 0 Å². The predicted molar refractivity (Wildman–Crippen MR) is 110 cm³/mol. The Kier molecular flexibility index (Phi) is 6.79. The maximum atomic E-state index is 12.6. The van der Waals surface area contributed by atoms with E-state index in [0.29, 0.717) is 11.5 Å². The summed E-state index contributed by atoms with van der Waals surface area (Å²) in [5, 5.41) is 2.93. The van der Waals surface area contributed by atoms with E-state index in [9.17, 15) is 14.4 Å². The first-order valence-electron chi connectivity index (χ1n) is 9.40. The van der Waals surface area contributed by atoms with Crippen LogP contribution in [0.3, 0.4) is 0 Å². The zero-order valence-electron chi connectivity index (χ0n) is 16.5. The zero-order valence-corrected chi connectivity index (χ0v) is 17.2. The summed E-state index contributed by atoms with van der Waals surface area (Å²) in [6.07, 6.45) is -0.921. The highest BCUT2D eigenvalue weighted by Gasteiger charge is 2.29. The molecule has 0 spiro atoms. The molecule has 8 nitrogen and oxygen atoms in total. The summed E-state index contributed by atoms with van der Waals surface area (Å²) in [4.78, 5) is 37.4. The van der Waals surface area contributed by atoms with E-state index in [1.54, 1.807) is 62.4 Å². The van der Waals surface area contributed by atoms with Crippen LogP contribution >= 0.6 is 11.6 Å². The normalized spacial score (nSPS) is 15.8. The van der Waals surface area contributed by atoms with Crippen molar-refractivity contribution < 1.29 is 23.9 Å². The lowest BCUT2D eigenvalue weighted by Crippen LogP contribution is -2.57. The number of hydrogen-bond acceptors (Lipinski definition) is 5. The number of fused-ring (bicyclic) bond motifs is 1. The van der Waals surface area contributed by atoms with E-state index in [-0.39, 0.29) is 23.1 Å². The average Bonchev–Trinajstić information content (AvgIpc) is 2.75. The maximum Gasteiger partial charge on any atom is 0.283 e. The van der Waals surface area contributed by atoms with Gasteiger partial charge in [-0.25, -0.2) is 0 Å². The molecule has 3 rings (SSSR count). The van der Waals surface area contributed by atoms with Crippen molar-refractivity contribution in [2.45, 2.75) is 26.0 Å². The van der Waals surface area contributed by atoms with Crippen molar-refractivity contribution in [2.75, 3.05) is 6.61 Å². The van der Waals surface area contributed by atoms with Crippen LogP contribution in [0.5, 0.6) is 11.5 Å². The summed E-state index contributed by atoms with van der Waals surface area (Å²) in [6, 6.07) is 12.6. The Morgan fingerprint density at radius 3 is 2.37 bits per heavy atom. The van der Waals surface area contributed by atoms with Crippen LogP contribution in [0.1, 0.15) is 24.2 Å². The van der Waals surface area contributed by atoms with Gasteiger partial charge in [0.05, 0.1) is 10.6 Å². The van der Waals surface area contributed by atoms with E-state index in [1.165, 1.54) is 0 Å². The van der Waals surface area contributed by atoms with Crippen molar-refractivity contribution in [1.82, 2.24) is 16.2 Å². The van der Waals surface area contributed by atoms with Gasteiger partial charge < -0.3 is 14.8 Å². The van der Waals surface area contributed by atoms with Crippen molar-refractivity contribution in [3.8, 4) is 11.5 Å². The fraction of sp³-hybridized carbons (Fsp3) is 0.286. The molecule has 0 saturated heterocycles. The van der Waals surface area contributed by atoms with Gasteiger partial charge in [0, 0.05) is 0 Å². The van der Waals surface area contributed by atoms with Gasteiger partial charge in [-0.2, -0.15) is 0 Å². The predicted octanol–water partition coefficient (Wildman–Crippen LogP) is 2.08. The number of benzene rings is 2. The minimum Gasteiger partial charge on any atom is -0.485 e. The van der Waals surface area contributed by atoms with Gasteiger partial charge in [0.15, 0.2) is 11.5 Å². The number of ether oxygens (including phenoxy) is 2. The monoisotopic (exact) mass is 431 g/mol. The Hall–Kier alpha value is -3.26. The van der Waals surface area contributed by atoms with E-state index in [2.05, 4.69) is 16.2 Å². The molecule has 1 unspecified atom stereocenters. The number of nitrogens with one attached hydrogen (secondary N) is 3. The van der Waals surface area contributed by atoms with Crippen molar-refractivity contribution in [1.29, 1.82) is 0 Å². The van der Waals surface area contributed by atoms with Gasteiger partial charge in [-0.05, 0) is 30.2 Å². The molecule has 2 atom stereocenters. The SMILES string of the molecule is CC(C)[C@H](NC(=O)c1ccccc1Cl)C(=O)NNC(=O)C1COc2ccccc2O1. The van der Waals surface area contributed by atoms with Crippen molar-refractivity contribution in [2.24, 2.45) is 5.92 Å². The van der Waals surface area contributed by atoms with E-state index in [0.717, 1.165) is 0 Å². The number of carbonyl (C=O) groups is 3. The van der Waals surface area contributed by atoms with Crippen LogP contribution in [-0.2, 0) is 9.59 Å². The molecule has 2 aromatic carbocycles. The Labute approximate surface area is 178 Å². The average molecular weight is 432 g/mol. The van der Waals surface area contributed by atoms with E-state index in [4.69, 9.17) is 21.1 Å². The standard InChI is InChI=1S/C21H22ClN3O5/c1-12(2)18(23-19(26)13-7-3-4-8-14(13)22)21(28)25-24-20(27)17-11-29-15-9-5-6-10-16(15)30-17/h3-10,12,17-18H,11H2,1-2H3,(H,23,26)(H,24,27)(H,25,28)/t17?,18-/m0/s1. The lowest BCUT2D eigenvalue weighted by molar-refractivity contribution is -0.135. The van der Waals surface area contributed by atoms with Gasteiger partial charge in [0.1, 0.15) is 12.6 Å². The number of amides is 3. The smallest absolute Gasteiger partial charge is 0.283 e. The van der Waals surface area contributed by atoms with Crippen LogP contribution < -0.4 is 25.6 Å². The van der Waals surface area contributed by atoms with Crippen LogP contribution in [0.15, 0.2) is 48.5 Å². The number of halogens is 1. The molecular formula is C21H22ClN3O5. The Balaban J connectivity index is 1.57. The fourth-order valence-electron chi connectivity index (χ4n) is 2.83. The van der Waals surface area contributed by atoms with Crippen molar-refractivity contribution in [3.63, 3.8) is 0 Å². The second-order valence-electron chi connectivity index (χ2n) is 7.02. The lowest BCUT2D eigenvalue weighted by Gasteiger charge is -2.26. The molecule has 1 aliphatic rings. The molecule has 0 bridgehead atoms. The van der Waals surface area contributed by atoms with Gasteiger partial charge in [0.25, 0.3) is 17.7 Å². The quantitative estimate of drug-likeness (QED) is 0.628. The van der Waals surface area contributed by atoms with Crippen LogP contribution in [0.25, 0.3) is 0 Å². The highest BCUT2D eigenvalue weighted by molar-refractivity contribution is 6.33. The molecule has 0 radical (unpaired) electrons. The molecule has 0 aromatic heterocycles. The van der Waals surface area contributed by atoms with Gasteiger partial charge in [-0.3, -0.25) is 25.2 Å². The topological polar surface area (TPSA) is 106 Å². The zero-order chi connectivity index (χ0) is 21.7. The van der Waals surface area contributed by atoms with E-state index < -0.39 is 29.9 Å². The number of rotatable bonds is 5. The third-order valence-electron chi connectivity index (χ3n) is 4.46. The number of carbonyl (C=O) groups excluding carboxylic acids is 3. The summed E-state index contributed by atoms with van der Waals surface area (Å²) >= 11 is 6.04. The largest absolute Gasteiger partial charge is 0.485 e. The molecular weight excluding hydrogens is 410 g/mol.